The Hall–Kier alpha value is -1.51. The number of aromatic hydroxyl groups is 1. The average Bonchev–Trinajstić information content (AvgIpc) is 2.09. The number of rotatable bonds is 2. The van der Waals surface area contributed by atoms with E-state index in [-0.39, 0.29) is 17.6 Å². The average molecular weight is 194 g/mol. The maximum Gasteiger partial charge on any atom is 0.313 e. The van der Waals surface area contributed by atoms with Gasteiger partial charge in [0, 0.05) is 0 Å². The van der Waals surface area contributed by atoms with Crippen molar-refractivity contribution in [2.45, 2.75) is 20.8 Å². The van der Waals surface area contributed by atoms with Gasteiger partial charge in [0.15, 0.2) is 0 Å². The standard InChI is InChI=1S/C11H14O3/c1-7(2)11(13)14-10-5-4-9(12)6-8(10)3/h4-7,12H,1-3H3. The summed E-state index contributed by atoms with van der Waals surface area (Å²) in [5, 5.41) is 9.14. The van der Waals surface area contributed by atoms with Gasteiger partial charge in [0.1, 0.15) is 11.5 Å². The van der Waals surface area contributed by atoms with Crippen LogP contribution in [0.4, 0.5) is 0 Å². The van der Waals surface area contributed by atoms with Gasteiger partial charge in [0.25, 0.3) is 0 Å². The Morgan fingerprint density at radius 1 is 1.43 bits per heavy atom. The van der Waals surface area contributed by atoms with Crippen molar-refractivity contribution in [1.82, 2.24) is 0 Å². The SMILES string of the molecule is Cc1cc(O)ccc1OC(=O)C(C)C. The first-order valence-electron chi connectivity index (χ1n) is 4.52. The zero-order valence-electron chi connectivity index (χ0n) is 8.57. The second-order valence-electron chi connectivity index (χ2n) is 3.53. The lowest BCUT2D eigenvalue weighted by atomic mass is 10.2. The predicted molar refractivity (Wildman–Crippen MR) is 53.3 cm³/mol. The Balaban J connectivity index is 2.82. The minimum absolute atomic E-state index is 0.150. The Labute approximate surface area is 83.3 Å². The molecule has 0 aromatic heterocycles. The van der Waals surface area contributed by atoms with Crippen LogP contribution in [0, 0.1) is 12.8 Å². The van der Waals surface area contributed by atoms with E-state index in [9.17, 15) is 4.79 Å². The third kappa shape index (κ3) is 2.49. The highest BCUT2D eigenvalue weighted by atomic mass is 16.5. The van der Waals surface area contributed by atoms with Gasteiger partial charge in [-0.1, -0.05) is 13.8 Å². The van der Waals surface area contributed by atoms with Crippen molar-refractivity contribution in [1.29, 1.82) is 0 Å². The molecule has 0 radical (unpaired) electrons. The van der Waals surface area contributed by atoms with E-state index in [2.05, 4.69) is 0 Å². The van der Waals surface area contributed by atoms with Crippen LogP contribution in [0.25, 0.3) is 0 Å². The third-order valence-electron chi connectivity index (χ3n) is 1.84. The maximum atomic E-state index is 11.3. The van der Waals surface area contributed by atoms with E-state index in [1.807, 2.05) is 0 Å². The molecule has 3 nitrogen and oxygen atoms in total. The van der Waals surface area contributed by atoms with Crippen molar-refractivity contribution in [3.63, 3.8) is 0 Å². The van der Waals surface area contributed by atoms with Crippen molar-refractivity contribution >= 4 is 5.97 Å². The number of hydrogen-bond donors (Lipinski definition) is 1. The number of hydrogen-bond acceptors (Lipinski definition) is 3. The molecule has 0 aliphatic carbocycles. The van der Waals surface area contributed by atoms with Crippen LogP contribution in [0.2, 0.25) is 0 Å². The quantitative estimate of drug-likeness (QED) is 0.580. The van der Waals surface area contributed by atoms with Crippen LogP contribution in [-0.4, -0.2) is 11.1 Å². The number of ether oxygens (including phenoxy) is 1. The molecule has 0 saturated heterocycles. The Morgan fingerprint density at radius 2 is 2.07 bits per heavy atom. The normalized spacial score (nSPS) is 10.3. The maximum absolute atomic E-state index is 11.3. The predicted octanol–water partition coefficient (Wildman–Crippen LogP) is 2.26. The molecule has 14 heavy (non-hydrogen) atoms. The molecule has 1 rings (SSSR count). The van der Waals surface area contributed by atoms with E-state index >= 15 is 0 Å². The van der Waals surface area contributed by atoms with E-state index in [0.717, 1.165) is 5.56 Å². The second kappa shape index (κ2) is 4.13. The van der Waals surface area contributed by atoms with Crippen LogP contribution in [0.5, 0.6) is 11.5 Å². The van der Waals surface area contributed by atoms with Crippen molar-refractivity contribution in [3.05, 3.63) is 23.8 Å². The fourth-order valence-electron chi connectivity index (χ4n) is 0.974. The number of carbonyl (C=O) groups is 1. The van der Waals surface area contributed by atoms with Crippen molar-refractivity contribution in [2.24, 2.45) is 5.92 Å². The number of esters is 1. The summed E-state index contributed by atoms with van der Waals surface area (Å²) in [7, 11) is 0. The Bertz CT molecular complexity index is 342. The molecule has 0 aliphatic heterocycles. The molecule has 0 amide bonds. The molecule has 0 unspecified atom stereocenters. The third-order valence-corrected chi connectivity index (χ3v) is 1.84. The van der Waals surface area contributed by atoms with Gasteiger partial charge >= 0.3 is 5.97 Å². The largest absolute Gasteiger partial charge is 0.508 e. The van der Waals surface area contributed by atoms with Crippen molar-refractivity contribution in [3.8, 4) is 11.5 Å². The zero-order chi connectivity index (χ0) is 10.7. The van der Waals surface area contributed by atoms with Gasteiger partial charge in [-0.15, -0.1) is 0 Å². The number of phenols is 1. The molecular weight excluding hydrogens is 180 g/mol. The lowest BCUT2D eigenvalue weighted by Crippen LogP contribution is -2.15. The molecule has 0 aliphatic rings. The smallest absolute Gasteiger partial charge is 0.313 e. The number of benzene rings is 1. The summed E-state index contributed by atoms with van der Waals surface area (Å²) in [5.41, 5.74) is 0.749. The molecule has 0 heterocycles. The molecule has 1 N–H and O–H groups in total. The molecule has 1 aromatic carbocycles. The summed E-state index contributed by atoms with van der Waals surface area (Å²) in [4.78, 5) is 11.3. The number of carbonyl (C=O) groups excluding carboxylic acids is 1. The Morgan fingerprint density at radius 3 is 2.57 bits per heavy atom. The minimum atomic E-state index is -0.265. The first-order valence-corrected chi connectivity index (χ1v) is 4.52. The van der Waals surface area contributed by atoms with Gasteiger partial charge in [-0.05, 0) is 30.7 Å². The van der Waals surface area contributed by atoms with Crippen molar-refractivity contribution in [2.75, 3.05) is 0 Å². The molecule has 0 saturated carbocycles. The lowest BCUT2D eigenvalue weighted by Gasteiger charge is -2.09. The summed E-state index contributed by atoms with van der Waals surface area (Å²) in [5.74, 6) is 0.260. The minimum Gasteiger partial charge on any atom is -0.508 e. The summed E-state index contributed by atoms with van der Waals surface area (Å²) in [6.45, 7) is 5.33. The fraction of sp³-hybridized carbons (Fsp3) is 0.364. The van der Waals surface area contributed by atoms with Crippen LogP contribution in [0.1, 0.15) is 19.4 Å². The van der Waals surface area contributed by atoms with Crippen LogP contribution in [0.15, 0.2) is 18.2 Å². The van der Waals surface area contributed by atoms with Gasteiger partial charge in [-0.2, -0.15) is 0 Å². The summed E-state index contributed by atoms with van der Waals surface area (Å²) >= 11 is 0. The van der Waals surface area contributed by atoms with E-state index in [1.54, 1.807) is 32.9 Å². The van der Waals surface area contributed by atoms with Gasteiger partial charge in [-0.3, -0.25) is 4.79 Å². The van der Waals surface area contributed by atoms with Gasteiger partial charge in [-0.25, -0.2) is 0 Å². The summed E-state index contributed by atoms with van der Waals surface area (Å²) in [6, 6.07) is 4.64. The van der Waals surface area contributed by atoms with Gasteiger partial charge in [0.2, 0.25) is 0 Å². The molecule has 76 valence electrons. The summed E-state index contributed by atoms with van der Waals surface area (Å²) < 4.78 is 5.11. The summed E-state index contributed by atoms with van der Waals surface area (Å²) in [6.07, 6.45) is 0. The van der Waals surface area contributed by atoms with E-state index < -0.39 is 0 Å². The molecular formula is C11H14O3. The molecule has 1 aromatic rings. The van der Waals surface area contributed by atoms with Gasteiger partial charge in [0.05, 0.1) is 5.92 Å². The van der Waals surface area contributed by atoms with Crippen LogP contribution >= 0.6 is 0 Å². The topological polar surface area (TPSA) is 46.5 Å². The number of phenolic OH excluding ortho intramolecular Hbond substituents is 1. The van der Waals surface area contributed by atoms with E-state index in [1.165, 1.54) is 6.07 Å². The van der Waals surface area contributed by atoms with Crippen molar-refractivity contribution < 1.29 is 14.6 Å². The zero-order valence-corrected chi connectivity index (χ0v) is 8.57. The lowest BCUT2D eigenvalue weighted by molar-refractivity contribution is -0.137. The first kappa shape index (κ1) is 10.6. The first-order chi connectivity index (χ1) is 6.50. The van der Waals surface area contributed by atoms with Crippen LogP contribution < -0.4 is 4.74 Å². The monoisotopic (exact) mass is 194 g/mol. The Kier molecular flexibility index (Phi) is 3.12. The highest BCUT2D eigenvalue weighted by Gasteiger charge is 2.11. The molecule has 3 heteroatoms. The van der Waals surface area contributed by atoms with Crippen LogP contribution in [0.3, 0.4) is 0 Å². The highest BCUT2D eigenvalue weighted by molar-refractivity contribution is 5.74. The molecule has 0 spiro atoms. The highest BCUT2D eigenvalue weighted by Crippen LogP contribution is 2.22. The second-order valence-corrected chi connectivity index (χ2v) is 3.53. The molecule has 0 bridgehead atoms. The fourth-order valence-corrected chi connectivity index (χ4v) is 0.974. The van der Waals surface area contributed by atoms with E-state index in [4.69, 9.17) is 9.84 Å². The van der Waals surface area contributed by atoms with Gasteiger partial charge < -0.3 is 9.84 Å². The molecule has 0 atom stereocenters. The number of aryl methyl sites for hydroxylation is 1. The molecule has 0 fully saturated rings. The van der Waals surface area contributed by atoms with Crippen LogP contribution in [-0.2, 0) is 4.79 Å². The van der Waals surface area contributed by atoms with E-state index in [0.29, 0.717) is 5.75 Å².